The summed E-state index contributed by atoms with van der Waals surface area (Å²) in [6.45, 7) is 2.54. The molecule has 0 radical (unpaired) electrons. The van der Waals surface area contributed by atoms with E-state index in [4.69, 9.17) is 4.74 Å². The maximum atomic E-state index is 13.1. The van der Waals surface area contributed by atoms with Crippen LogP contribution in [0.4, 0.5) is 4.79 Å². The number of carbonyl (C=O) groups is 2. The zero-order chi connectivity index (χ0) is 19.1. The molecule has 3 rings (SSSR count). The number of nitrogens with zero attached hydrogens (tertiary/aromatic N) is 1. The molecule has 0 atom stereocenters. The van der Waals surface area contributed by atoms with E-state index in [0.29, 0.717) is 6.54 Å². The molecule has 6 heteroatoms. The third-order valence-corrected chi connectivity index (χ3v) is 5.80. The van der Waals surface area contributed by atoms with Gasteiger partial charge in [-0.05, 0) is 57.2 Å². The summed E-state index contributed by atoms with van der Waals surface area (Å²) >= 11 is 0. The summed E-state index contributed by atoms with van der Waals surface area (Å²) in [5, 5.41) is 6.60. The Hall–Kier alpha value is -2.08. The predicted octanol–water partition coefficient (Wildman–Crippen LogP) is 2.68. The van der Waals surface area contributed by atoms with Crippen LogP contribution in [0, 0.1) is 5.92 Å². The summed E-state index contributed by atoms with van der Waals surface area (Å²) in [6, 6.07) is 10.6. The Labute approximate surface area is 161 Å². The van der Waals surface area contributed by atoms with Gasteiger partial charge in [-0.2, -0.15) is 0 Å². The van der Waals surface area contributed by atoms with Crippen LogP contribution < -0.4 is 10.6 Å². The average molecular weight is 373 g/mol. The molecule has 0 unspecified atom stereocenters. The second-order valence-electron chi connectivity index (χ2n) is 7.62. The van der Waals surface area contributed by atoms with Crippen molar-refractivity contribution in [3.05, 3.63) is 35.9 Å². The number of rotatable bonds is 5. The fourth-order valence-corrected chi connectivity index (χ4v) is 4.16. The second-order valence-corrected chi connectivity index (χ2v) is 7.62. The Morgan fingerprint density at radius 3 is 2.37 bits per heavy atom. The molecule has 1 heterocycles. The number of urea groups is 1. The van der Waals surface area contributed by atoms with E-state index in [2.05, 4.69) is 22.8 Å². The van der Waals surface area contributed by atoms with Crippen molar-refractivity contribution in [2.24, 2.45) is 5.92 Å². The molecule has 2 N–H and O–H groups in total. The van der Waals surface area contributed by atoms with Crippen molar-refractivity contribution in [2.45, 2.75) is 57.2 Å². The van der Waals surface area contributed by atoms with E-state index < -0.39 is 0 Å². The summed E-state index contributed by atoms with van der Waals surface area (Å²) < 4.78 is 4.85. The Morgan fingerprint density at radius 2 is 1.74 bits per heavy atom. The molecule has 1 saturated heterocycles. The smallest absolute Gasteiger partial charge is 0.318 e. The molecule has 1 aliphatic carbocycles. The first kappa shape index (κ1) is 19.7. The molecule has 1 saturated carbocycles. The Morgan fingerprint density at radius 1 is 1.07 bits per heavy atom. The monoisotopic (exact) mass is 373 g/mol. The molecule has 1 aromatic carbocycles. The van der Waals surface area contributed by atoms with Gasteiger partial charge in [0.05, 0.1) is 13.0 Å². The number of amides is 2. The number of piperidine rings is 1. The number of benzene rings is 1. The Balaban J connectivity index is 1.60. The van der Waals surface area contributed by atoms with E-state index in [-0.39, 0.29) is 30.0 Å². The van der Waals surface area contributed by atoms with Gasteiger partial charge in [0.15, 0.2) is 0 Å². The van der Waals surface area contributed by atoms with Crippen LogP contribution in [0.2, 0.25) is 0 Å². The maximum absolute atomic E-state index is 13.1. The molecule has 2 aliphatic rings. The molecule has 0 aromatic heterocycles. The van der Waals surface area contributed by atoms with Crippen LogP contribution in [-0.2, 0) is 16.1 Å². The topological polar surface area (TPSA) is 70.7 Å². The lowest BCUT2D eigenvalue weighted by atomic mass is 9.86. The van der Waals surface area contributed by atoms with Gasteiger partial charge >= 0.3 is 12.0 Å². The third kappa shape index (κ3) is 5.45. The van der Waals surface area contributed by atoms with Gasteiger partial charge in [0.2, 0.25) is 0 Å². The van der Waals surface area contributed by atoms with Crippen LogP contribution in [0.3, 0.4) is 0 Å². The van der Waals surface area contributed by atoms with Crippen LogP contribution >= 0.6 is 0 Å². The average Bonchev–Trinajstić information content (AvgIpc) is 2.73. The number of carbonyl (C=O) groups excluding carboxylic acids is 2. The first-order valence-corrected chi connectivity index (χ1v) is 10.1. The van der Waals surface area contributed by atoms with E-state index in [1.54, 1.807) is 0 Å². The van der Waals surface area contributed by atoms with Crippen molar-refractivity contribution in [1.82, 2.24) is 15.5 Å². The molecule has 2 amide bonds. The Bertz CT molecular complexity index is 608. The molecule has 0 spiro atoms. The lowest BCUT2D eigenvalue weighted by Gasteiger charge is -2.37. The number of methoxy groups -OCH3 is 1. The van der Waals surface area contributed by atoms with Crippen LogP contribution in [0.15, 0.2) is 30.3 Å². The van der Waals surface area contributed by atoms with Gasteiger partial charge < -0.3 is 20.3 Å². The van der Waals surface area contributed by atoms with Crippen molar-refractivity contribution in [1.29, 1.82) is 0 Å². The zero-order valence-corrected chi connectivity index (χ0v) is 16.2. The summed E-state index contributed by atoms with van der Waals surface area (Å²) in [5.74, 6) is -0.145. The van der Waals surface area contributed by atoms with Gasteiger partial charge in [-0.1, -0.05) is 30.3 Å². The SMILES string of the molecule is COC(=O)C1CCC(NC(=O)N(Cc2ccccc2)C2CCNCC2)CC1. The van der Waals surface area contributed by atoms with Crippen LogP contribution in [0.5, 0.6) is 0 Å². The Kier molecular flexibility index (Phi) is 7.10. The fraction of sp³-hybridized carbons (Fsp3) is 0.619. The van der Waals surface area contributed by atoms with E-state index in [1.807, 2.05) is 23.1 Å². The highest BCUT2D eigenvalue weighted by Gasteiger charge is 2.30. The number of esters is 1. The van der Waals surface area contributed by atoms with Crippen molar-refractivity contribution in [3.8, 4) is 0 Å². The molecular weight excluding hydrogens is 342 g/mol. The predicted molar refractivity (Wildman–Crippen MR) is 104 cm³/mol. The van der Waals surface area contributed by atoms with Gasteiger partial charge in [-0.3, -0.25) is 4.79 Å². The highest BCUT2D eigenvalue weighted by atomic mass is 16.5. The number of ether oxygens (including phenoxy) is 1. The van der Waals surface area contributed by atoms with Gasteiger partial charge in [-0.25, -0.2) is 4.79 Å². The van der Waals surface area contributed by atoms with Crippen molar-refractivity contribution >= 4 is 12.0 Å². The fourth-order valence-electron chi connectivity index (χ4n) is 4.16. The molecular formula is C21H31N3O3. The third-order valence-electron chi connectivity index (χ3n) is 5.80. The minimum Gasteiger partial charge on any atom is -0.469 e. The van der Waals surface area contributed by atoms with E-state index in [0.717, 1.165) is 57.2 Å². The minimum absolute atomic E-state index is 0.0204. The maximum Gasteiger partial charge on any atom is 0.318 e. The lowest BCUT2D eigenvalue weighted by molar-refractivity contribution is -0.146. The second kappa shape index (κ2) is 9.74. The molecule has 2 fully saturated rings. The summed E-state index contributed by atoms with van der Waals surface area (Å²) in [6.07, 6.45) is 5.19. The molecule has 1 aliphatic heterocycles. The van der Waals surface area contributed by atoms with Crippen LogP contribution in [0.25, 0.3) is 0 Å². The van der Waals surface area contributed by atoms with Gasteiger partial charge in [0.25, 0.3) is 0 Å². The largest absolute Gasteiger partial charge is 0.469 e. The first-order chi connectivity index (χ1) is 13.2. The van der Waals surface area contributed by atoms with E-state index in [1.165, 1.54) is 7.11 Å². The van der Waals surface area contributed by atoms with Gasteiger partial charge in [0, 0.05) is 18.6 Å². The normalized spacial score (nSPS) is 23.4. The van der Waals surface area contributed by atoms with Crippen molar-refractivity contribution in [3.63, 3.8) is 0 Å². The molecule has 1 aromatic rings. The minimum atomic E-state index is -0.125. The van der Waals surface area contributed by atoms with Crippen molar-refractivity contribution in [2.75, 3.05) is 20.2 Å². The highest BCUT2D eigenvalue weighted by Crippen LogP contribution is 2.26. The highest BCUT2D eigenvalue weighted by molar-refractivity contribution is 5.75. The standard InChI is InChI=1S/C21H31N3O3/c1-27-20(25)17-7-9-18(10-8-17)23-21(26)24(19-11-13-22-14-12-19)15-16-5-3-2-4-6-16/h2-6,17-19,22H,7-15H2,1H3,(H,23,26). The molecule has 6 nitrogen and oxygen atoms in total. The molecule has 148 valence electrons. The van der Waals surface area contributed by atoms with Gasteiger partial charge in [0.1, 0.15) is 0 Å². The summed E-state index contributed by atoms with van der Waals surface area (Å²) in [4.78, 5) is 26.8. The molecule has 27 heavy (non-hydrogen) atoms. The number of hydrogen-bond donors (Lipinski definition) is 2. The first-order valence-electron chi connectivity index (χ1n) is 10.1. The summed E-state index contributed by atoms with van der Waals surface area (Å²) in [5.41, 5.74) is 1.15. The quantitative estimate of drug-likeness (QED) is 0.779. The zero-order valence-electron chi connectivity index (χ0n) is 16.2. The van der Waals surface area contributed by atoms with Crippen molar-refractivity contribution < 1.29 is 14.3 Å². The van der Waals surface area contributed by atoms with Crippen LogP contribution in [0.1, 0.15) is 44.1 Å². The van der Waals surface area contributed by atoms with E-state index >= 15 is 0 Å². The molecule has 0 bridgehead atoms. The van der Waals surface area contributed by atoms with Crippen LogP contribution in [-0.4, -0.2) is 49.2 Å². The van der Waals surface area contributed by atoms with E-state index in [9.17, 15) is 9.59 Å². The lowest BCUT2D eigenvalue weighted by Crippen LogP contribution is -2.52. The number of hydrogen-bond acceptors (Lipinski definition) is 4. The number of nitrogens with one attached hydrogen (secondary N) is 2. The summed E-state index contributed by atoms with van der Waals surface area (Å²) in [7, 11) is 1.44. The van der Waals surface area contributed by atoms with Gasteiger partial charge in [-0.15, -0.1) is 0 Å².